The zero-order valence-corrected chi connectivity index (χ0v) is 19.3. The van der Waals surface area contributed by atoms with Gasteiger partial charge in [-0.15, -0.1) is 0 Å². The smallest absolute Gasteiger partial charge is 0.243 e. The van der Waals surface area contributed by atoms with Crippen LogP contribution in [0.5, 0.6) is 5.75 Å². The number of benzene rings is 1. The third-order valence-corrected chi connectivity index (χ3v) is 6.00. The fourth-order valence-corrected chi connectivity index (χ4v) is 3.70. The molecule has 0 spiro atoms. The van der Waals surface area contributed by atoms with Gasteiger partial charge >= 0.3 is 0 Å². The van der Waals surface area contributed by atoms with E-state index in [2.05, 4.69) is 20.9 Å². The predicted octanol–water partition coefficient (Wildman–Crippen LogP) is -0.718. The Morgan fingerprint density at radius 1 is 1.21 bits per heavy atom. The van der Waals surface area contributed by atoms with Crippen LogP contribution in [0.2, 0.25) is 0 Å². The van der Waals surface area contributed by atoms with E-state index in [9.17, 15) is 29.1 Å². The number of aromatic nitrogens is 1. The molecule has 0 fully saturated rings. The van der Waals surface area contributed by atoms with Gasteiger partial charge in [0.15, 0.2) is 11.4 Å². The number of nitrogens with zero attached hydrogens (tertiary/aromatic N) is 1. The molecule has 1 heterocycles. The Kier molecular flexibility index (Phi) is 8.67. The van der Waals surface area contributed by atoms with E-state index in [1.807, 2.05) is 0 Å². The van der Waals surface area contributed by atoms with Crippen LogP contribution in [0.1, 0.15) is 29.1 Å². The number of rotatable bonds is 12. The molecular formula is C21H26N6O6S. The average Bonchev–Trinajstić information content (AvgIpc) is 3.24. The fourth-order valence-electron chi connectivity index (χ4n) is 3.08. The van der Waals surface area contributed by atoms with Crippen molar-refractivity contribution >= 4 is 46.4 Å². The molecule has 0 aliphatic heterocycles. The second kappa shape index (κ2) is 11.2. The maximum absolute atomic E-state index is 12.8. The highest BCUT2D eigenvalue weighted by Crippen LogP contribution is 2.23. The minimum absolute atomic E-state index is 0.0171. The van der Waals surface area contributed by atoms with Crippen LogP contribution in [0.3, 0.4) is 0 Å². The van der Waals surface area contributed by atoms with Crippen LogP contribution in [0.25, 0.3) is 0 Å². The Morgan fingerprint density at radius 3 is 2.38 bits per heavy atom. The number of aromatic hydroxyl groups is 1. The van der Waals surface area contributed by atoms with Gasteiger partial charge in [-0.25, -0.2) is 4.98 Å². The molecule has 4 amide bonds. The second-order valence-electron chi connectivity index (χ2n) is 7.71. The first-order chi connectivity index (χ1) is 16.0. The van der Waals surface area contributed by atoms with Crippen LogP contribution in [0.4, 0.5) is 5.13 Å². The zero-order valence-electron chi connectivity index (χ0n) is 18.5. The lowest BCUT2D eigenvalue weighted by Crippen LogP contribution is -2.65. The zero-order chi connectivity index (χ0) is 25.5. The van der Waals surface area contributed by atoms with Crippen molar-refractivity contribution in [1.29, 1.82) is 0 Å². The molecule has 8 N–H and O–H groups in total. The number of phenolic OH excluding ortho intramolecular Hbond substituents is 1. The minimum Gasteiger partial charge on any atom is -0.508 e. The number of thiazole rings is 1. The van der Waals surface area contributed by atoms with Gasteiger partial charge < -0.3 is 32.5 Å². The van der Waals surface area contributed by atoms with E-state index in [0.29, 0.717) is 21.9 Å². The number of phenols is 1. The van der Waals surface area contributed by atoms with E-state index < -0.39 is 41.1 Å². The maximum atomic E-state index is 12.8. The molecule has 12 nitrogen and oxygen atoms in total. The summed E-state index contributed by atoms with van der Waals surface area (Å²) in [6, 6.07) is 4.82. The number of amides is 4. The highest BCUT2D eigenvalue weighted by molar-refractivity contribution is 7.17. The molecule has 1 aromatic carbocycles. The van der Waals surface area contributed by atoms with Crippen molar-refractivity contribution in [3.63, 3.8) is 0 Å². The minimum atomic E-state index is -1.86. The predicted molar refractivity (Wildman–Crippen MR) is 124 cm³/mol. The van der Waals surface area contributed by atoms with E-state index in [1.54, 1.807) is 12.1 Å². The number of nitrogens with two attached hydrogens (primary N) is 2. The number of carbonyl (C=O) groups is 5. The molecule has 0 aliphatic carbocycles. The van der Waals surface area contributed by atoms with Gasteiger partial charge in [-0.3, -0.25) is 24.0 Å². The lowest BCUT2D eigenvalue weighted by molar-refractivity contribution is -0.139. The van der Waals surface area contributed by atoms with Crippen molar-refractivity contribution in [2.45, 2.75) is 31.8 Å². The number of nitrogens with one attached hydrogen (secondary N) is 3. The molecule has 0 bridgehead atoms. The van der Waals surface area contributed by atoms with Crippen LogP contribution < -0.4 is 27.4 Å². The van der Waals surface area contributed by atoms with Gasteiger partial charge in [0.2, 0.25) is 23.6 Å². The number of hydrogen-bond donors (Lipinski definition) is 6. The highest BCUT2D eigenvalue weighted by Gasteiger charge is 2.45. The summed E-state index contributed by atoms with van der Waals surface area (Å²) in [5.41, 5.74) is 9.78. The number of carbonyl (C=O) groups excluding carboxylic acids is 5. The summed E-state index contributed by atoms with van der Waals surface area (Å²) in [5, 5.41) is 17.4. The SMILES string of the molecule is C[C@H](NC(=O)CNc1ncc(C=O)s1)C(=O)NC(C)(C(N)=O)[C@H](Cc1ccc(O)cc1)C(N)=O. The number of hydrogen-bond acceptors (Lipinski definition) is 9. The summed E-state index contributed by atoms with van der Waals surface area (Å²) in [7, 11) is 0. The molecular weight excluding hydrogens is 464 g/mol. The third-order valence-electron chi connectivity index (χ3n) is 5.12. The molecule has 182 valence electrons. The molecule has 34 heavy (non-hydrogen) atoms. The van der Waals surface area contributed by atoms with Crippen LogP contribution in [-0.4, -0.2) is 58.1 Å². The molecule has 3 atom stereocenters. The van der Waals surface area contributed by atoms with Gasteiger partial charge in [0.1, 0.15) is 17.3 Å². The molecule has 1 aromatic heterocycles. The Hall–Kier alpha value is -4.00. The number of aldehydes is 1. The standard InChI is InChI=1S/C21H26N6O6S/c1-11(26-16(30)9-25-20-24-8-14(10-28)34-20)18(32)27-21(2,19(23)33)15(17(22)31)7-12-3-5-13(29)6-4-12/h3-6,8,10-11,15,29H,7,9H2,1-2H3,(H2,22,31)(H2,23,33)(H,24,25)(H,26,30)(H,27,32)/t11-,15+,21?/m0/s1. The van der Waals surface area contributed by atoms with Crippen LogP contribution in [-0.2, 0) is 25.6 Å². The molecule has 1 unspecified atom stereocenters. The molecule has 2 aromatic rings. The summed E-state index contributed by atoms with van der Waals surface area (Å²) in [6.07, 6.45) is 1.95. The average molecular weight is 491 g/mol. The first-order valence-corrected chi connectivity index (χ1v) is 10.9. The van der Waals surface area contributed by atoms with Crippen LogP contribution in [0.15, 0.2) is 30.5 Å². The van der Waals surface area contributed by atoms with Gasteiger partial charge in [-0.05, 0) is 38.0 Å². The Morgan fingerprint density at radius 2 is 1.85 bits per heavy atom. The lowest BCUT2D eigenvalue weighted by Gasteiger charge is -2.35. The monoisotopic (exact) mass is 490 g/mol. The summed E-state index contributed by atoms with van der Waals surface area (Å²) < 4.78 is 0. The summed E-state index contributed by atoms with van der Waals surface area (Å²) in [6.45, 7) is 2.45. The van der Waals surface area contributed by atoms with Crippen molar-refractivity contribution < 1.29 is 29.1 Å². The largest absolute Gasteiger partial charge is 0.508 e. The Bertz CT molecular complexity index is 1070. The summed E-state index contributed by atoms with van der Waals surface area (Å²) in [5.74, 6) is -4.36. The van der Waals surface area contributed by atoms with Crippen molar-refractivity contribution in [3.8, 4) is 5.75 Å². The second-order valence-corrected chi connectivity index (χ2v) is 8.77. The normalized spacial score (nSPS) is 14.2. The van der Waals surface area contributed by atoms with E-state index in [-0.39, 0.29) is 18.7 Å². The molecule has 0 radical (unpaired) electrons. The van der Waals surface area contributed by atoms with E-state index in [1.165, 1.54) is 32.2 Å². The van der Waals surface area contributed by atoms with Crippen molar-refractivity contribution in [3.05, 3.63) is 40.9 Å². The molecule has 0 saturated carbocycles. The molecule has 0 aliphatic rings. The lowest BCUT2D eigenvalue weighted by atomic mass is 9.79. The van der Waals surface area contributed by atoms with Gasteiger partial charge in [0.25, 0.3) is 0 Å². The Balaban J connectivity index is 2.05. The number of primary amides is 2. The van der Waals surface area contributed by atoms with E-state index >= 15 is 0 Å². The van der Waals surface area contributed by atoms with Gasteiger partial charge in [0, 0.05) is 0 Å². The highest BCUT2D eigenvalue weighted by atomic mass is 32.1. The van der Waals surface area contributed by atoms with Crippen LogP contribution in [0, 0.1) is 5.92 Å². The summed E-state index contributed by atoms with van der Waals surface area (Å²) >= 11 is 1.06. The quantitative estimate of drug-likeness (QED) is 0.209. The third kappa shape index (κ3) is 6.75. The van der Waals surface area contributed by atoms with Crippen molar-refractivity contribution in [2.75, 3.05) is 11.9 Å². The maximum Gasteiger partial charge on any atom is 0.243 e. The van der Waals surface area contributed by atoms with Crippen molar-refractivity contribution in [1.82, 2.24) is 15.6 Å². The number of anilines is 1. The van der Waals surface area contributed by atoms with Gasteiger partial charge in [-0.1, -0.05) is 23.5 Å². The fraction of sp³-hybridized carbons (Fsp3) is 0.333. The first-order valence-electron chi connectivity index (χ1n) is 10.1. The van der Waals surface area contributed by atoms with Crippen LogP contribution >= 0.6 is 11.3 Å². The molecule has 0 saturated heterocycles. The molecule has 13 heteroatoms. The topological polar surface area (TPSA) is 207 Å². The summed E-state index contributed by atoms with van der Waals surface area (Å²) in [4.78, 5) is 64.5. The Labute approximate surface area is 199 Å². The van der Waals surface area contributed by atoms with Gasteiger partial charge in [0.05, 0.1) is 23.5 Å². The van der Waals surface area contributed by atoms with E-state index in [0.717, 1.165) is 11.3 Å². The van der Waals surface area contributed by atoms with E-state index in [4.69, 9.17) is 11.5 Å². The first kappa shape index (κ1) is 26.3. The van der Waals surface area contributed by atoms with Crippen molar-refractivity contribution in [2.24, 2.45) is 17.4 Å². The van der Waals surface area contributed by atoms with Gasteiger partial charge in [-0.2, -0.15) is 0 Å². The molecule has 2 rings (SSSR count).